The zero-order valence-corrected chi connectivity index (χ0v) is 12.5. The van der Waals surface area contributed by atoms with Crippen molar-refractivity contribution < 1.29 is 4.92 Å². The first kappa shape index (κ1) is 14.3. The summed E-state index contributed by atoms with van der Waals surface area (Å²) in [6, 6.07) is 18.5. The molecule has 0 fully saturated rings. The van der Waals surface area contributed by atoms with E-state index in [0.29, 0.717) is 11.3 Å². The van der Waals surface area contributed by atoms with Crippen LogP contribution in [0.25, 0.3) is 0 Å². The molecule has 2 aromatic carbocycles. The summed E-state index contributed by atoms with van der Waals surface area (Å²) in [6.07, 6.45) is 0. The topological polar surface area (TPSA) is 69.2 Å². The summed E-state index contributed by atoms with van der Waals surface area (Å²) in [4.78, 5) is 12.1. The van der Waals surface area contributed by atoms with Crippen molar-refractivity contribution in [1.82, 2.24) is 0 Å². The van der Waals surface area contributed by atoms with Gasteiger partial charge in [0.25, 0.3) is 5.69 Å². The van der Waals surface area contributed by atoms with Crippen molar-refractivity contribution in [3.8, 4) is 0 Å². The molecule has 0 aliphatic carbocycles. The average Bonchev–Trinajstić information content (AvgIpc) is 3.02. The van der Waals surface area contributed by atoms with Gasteiger partial charge in [0.15, 0.2) is 0 Å². The van der Waals surface area contributed by atoms with E-state index in [0.717, 1.165) is 10.4 Å². The molecule has 0 saturated carbocycles. The molecule has 2 N–H and O–H groups in total. The lowest BCUT2D eigenvalue weighted by molar-refractivity contribution is -0.385. The number of nitrogens with two attached hydrogens (primary N) is 1. The highest BCUT2D eigenvalue weighted by Gasteiger charge is 2.26. The van der Waals surface area contributed by atoms with Gasteiger partial charge in [-0.3, -0.25) is 10.1 Å². The molecule has 22 heavy (non-hydrogen) atoms. The predicted molar refractivity (Wildman–Crippen MR) is 89.2 cm³/mol. The summed E-state index contributed by atoms with van der Waals surface area (Å²) in [5.74, 6) is -0.190. The van der Waals surface area contributed by atoms with Crippen LogP contribution in [0.5, 0.6) is 0 Å². The second-order valence-electron chi connectivity index (χ2n) is 4.93. The third-order valence-electron chi connectivity index (χ3n) is 3.52. The van der Waals surface area contributed by atoms with Crippen molar-refractivity contribution in [3.63, 3.8) is 0 Å². The summed E-state index contributed by atoms with van der Waals surface area (Å²) in [7, 11) is 0. The lowest BCUT2D eigenvalue weighted by atomic mass is 9.88. The van der Waals surface area contributed by atoms with Gasteiger partial charge in [0.2, 0.25) is 0 Å². The minimum absolute atomic E-state index is 0.0939. The number of benzene rings is 2. The van der Waals surface area contributed by atoms with Crippen molar-refractivity contribution in [2.75, 3.05) is 5.73 Å². The Kier molecular flexibility index (Phi) is 3.89. The molecule has 0 aliphatic rings. The quantitative estimate of drug-likeness (QED) is 0.440. The lowest BCUT2D eigenvalue weighted by Crippen LogP contribution is -2.06. The molecular weight excluding hydrogens is 296 g/mol. The van der Waals surface area contributed by atoms with Crippen molar-refractivity contribution in [3.05, 3.63) is 92.2 Å². The third kappa shape index (κ3) is 2.71. The summed E-state index contributed by atoms with van der Waals surface area (Å²) >= 11 is 1.58. The minimum Gasteiger partial charge on any atom is -0.399 e. The molecule has 0 saturated heterocycles. The van der Waals surface area contributed by atoms with Crippen LogP contribution in [-0.4, -0.2) is 4.92 Å². The molecule has 0 spiro atoms. The van der Waals surface area contributed by atoms with Crippen LogP contribution in [0.15, 0.2) is 66.0 Å². The molecule has 1 atom stereocenters. The van der Waals surface area contributed by atoms with Gasteiger partial charge >= 0.3 is 0 Å². The van der Waals surface area contributed by atoms with Crippen molar-refractivity contribution >= 4 is 22.7 Å². The maximum atomic E-state index is 11.4. The molecule has 110 valence electrons. The Hall–Kier alpha value is -2.66. The Morgan fingerprint density at radius 1 is 1.05 bits per heavy atom. The minimum atomic E-state index is -0.349. The molecule has 0 amide bonds. The third-order valence-corrected chi connectivity index (χ3v) is 4.46. The molecular formula is C17H14N2O2S. The van der Waals surface area contributed by atoms with Crippen LogP contribution in [0.3, 0.4) is 0 Å². The lowest BCUT2D eigenvalue weighted by Gasteiger charge is -2.17. The molecule has 1 unspecified atom stereocenters. The number of hydrogen-bond acceptors (Lipinski definition) is 4. The maximum Gasteiger partial charge on any atom is 0.273 e. The Bertz CT molecular complexity index is 786. The number of nitrogens with zero attached hydrogens (tertiary/aromatic N) is 1. The van der Waals surface area contributed by atoms with Gasteiger partial charge in [-0.1, -0.05) is 36.4 Å². The Balaban J connectivity index is 2.23. The molecule has 5 heteroatoms. The van der Waals surface area contributed by atoms with Gasteiger partial charge in [0, 0.05) is 22.2 Å². The van der Waals surface area contributed by atoms with E-state index in [1.165, 1.54) is 6.07 Å². The highest BCUT2D eigenvalue weighted by Crippen LogP contribution is 2.39. The summed E-state index contributed by atoms with van der Waals surface area (Å²) in [5, 5.41) is 13.4. The molecule has 0 bridgehead atoms. The highest BCUT2D eigenvalue weighted by atomic mass is 32.1. The van der Waals surface area contributed by atoms with E-state index in [2.05, 4.69) is 0 Å². The number of thiophene rings is 1. The molecule has 0 aliphatic heterocycles. The summed E-state index contributed by atoms with van der Waals surface area (Å²) < 4.78 is 0. The van der Waals surface area contributed by atoms with Crippen molar-refractivity contribution in [2.45, 2.75) is 5.92 Å². The normalized spacial score (nSPS) is 12.0. The van der Waals surface area contributed by atoms with Gasteiger partial charge in [-0.25, -0.2) is 0 Å². The van der Waals surface area contributed by atoms with E-state index in [9.17, 15) is 10.1 Å². The Morgan fingerprint density at radius 2 is 1.82 bits per heavy atom. The maximum absolute atomic E-state index is 11.4. The number of rotatable bonds is 4. The van der Waals surface area contributed by atoms with Gasteiger partial charge in [0.05, 0.1) is 10.8 Å². The number of nitro benzene ring substituents is 1. The largest absolute Gasteiger partial charge is 0.399 e. The first-order valence-corrected chi connectivity index (χ1v) is 7.67. The monoisotopic (exact) mass is 310 g/mol. The van der Waals surface area contributed by atoms with Crippen LogP contribution in [0.1, 0.15) is 21.9 Å². The molecule has 3 aromatic rings. The summed E-state index contributed by atoms with van der Waals surface area (Å²) in [5.41, 5.74) is 8.13. The van der Waals surface area contributed by atoms with Gasteiger partial charge < -0.3 is 5.73 Å². The SMILES string of the molecule is Nc1ccc([N+](=O)[O-])c(C(c2ccccc2)c2cccs2)c1. The number of hydrogen-bond donors (Lipinski definition) is 1. The van der Waals surface area contributed by atoms with E-state index in [1.807, 2.05) is 47.8 Å². The van der Waals surface area contributed by atoms with Gasteiger partial charge in [-0.15, -0.1) is 11.3 Å². The van der Waals surface area contributed by atoms with Crippen molar-refractivity contribution in [2.24, 2.45) is 0 Å². The Morgan fingerprint density at radius 3 is 2.45 bits per heavy atom. The van der Waals surface area contributed by atoms with E-state index in [-0.39, 0.29) is 16.5 Å². The molecule has 4 nitrogen and oxygen atoms in total. The second-order valence-corrected chi connectivity index (χ2v) is 5.91. The van der Waals surface area contributed by atoms with Crippen molar-refractivity contribution in [1.29, 1.82) is 0 Å². The second kappa shape index (κ2) is 5.99. The average molecular weight is 310 g/mol. The molecule has 1 aromatic heterocycles. The van der Waals surface area contributed by atoms with Crippen LogP contribution in [0.4, 0.5) is 11.4 Å². The number of nitrogen functional groups attached to an aromatic ring is 1. The van der Waals surface area contributed by atoms with Gasteiger partial charge in [-0.05, 0) is 29.1 Å². The fourth-order valence-corrected chi connectivity index (χ4v) is 3.44. The van der Waals surface area contributed by atoms with Crippen LogP contribution < -0.4 is 5.73 Å². The molecule has 0 radical (unpaired) electrons. The molecule has 3 rings (SSSR count). The van der Waals surface area contributed by atoms with Crippen LogP contribution in [0, 0.1) is 10.1 Å². The smallest absolute Gasteiger partial charge is 0.273 e. The predicted octanol–water partition coefficient (Wildman–Crippen LogP) is 4.42. The number of anilines is 1. The zero-order chi connectivity index (χ0) is 15.5. The first-order chi connectivity index (χ1) is 10.7. The fraction of sp³-hybridized carbons (Fsp3) is 0.0588. The molecule has 1 heterocycles. The van der Waals surface area contributed by atoms with E-state index in [4.69, 9.17) is 5.73 Å². The first-order valence-electron chi connectivity index (χ1n) is 6.79. The van der Waals surface area contributed by atoms with Gasteiger partial charge in [-0.2, -0.15) is 0 Å². The highest BCUT2D eigenvalue weighted by molar-refractivity contribution is 7.10. The number of nitro groups is 1. The Labute approximate surface area is 132 Å². The van der Waals surface area contributed by atoms with E-state index in [1.54, 1.807) is 23.5 Å². The summed E-state index contributed by atoms with van der Waals surface area (Å²) in [6.45, 7) is 0. The standard InChI is InChI=1S/C17H14N2O2S/c18-13-8-9-15(19(20)21)14(11-13)17(16-7-4-10-22-16)12-5-2-1-3-6-12/h1-11,17H,18H2. The zero-order valence-electron chi connectivity index (χ0n) is 11.7. The van der Waals surface area contributed by atoms with E-state index >= 15 is 0 Å². The van der Waals surface area contributed by atoms with Crippen LogP contribution in [0.2, 0.25) is 0 Å². The van der Waals surface area contributed by atoms with Crippen LogP contribution >= 0.6 is 11.3 Å². The fourth-order valence-electron chi connectivity index (χ4n) is 2.57. The van der Waals surface area contributed by atoms with Crippen LogP contribution in [-0.2, 0) is 0 Å². The van der Waals surface area contributed by atoms with Gasteiger partial charge in [0.1, 0.15) is 0 Å². The van der Waals surface area contributed by atoms with E-state index < -0.39 is 0 Å².